The van der Waals surface area contributed by atoms with E-state index in [4.69, 9.17) is 4.74 Å². The van der Waals surface area contributed by atoms with Gasteiger partial charge in [0, 0.05) is 5.33 Å². The Morgan fingerprint density at radius 2 is 2.18 bits per heavy atom. The Balaban J connectivity index is 3.17. The summed E-state index contributed by atoms with van der Waals surface area (Å²) < 4.78 is 4.92. The quantitative estimate of drug-likeness (QED) is 0.528. The highest BCUT2D eigenvalue weighted by Crippen LogP contribution is 2.00. The summed E-state index contributed by atoms with van der Waals surface area (Å²) in [5.41, 5.74) is 0. The number of rotatable bonds is 5. The number of hydrogen-bond donors (Lipinski definition) is 0. The Bertz CT molecular complexity index is 113. The van der Waals surface area contributed by atoms with Gasteiger partial charge >= 0.3 is 5.97 Å². The second kappa shape index (κ2) is 6.65. The van der Waals surface area contributed by atoms with Crippen molar-refractivity contribution in [2.75, 3.05) is 11.9 Å². The summed E-state index contributed by atoms with van der Waals surface area (Å²) >= 11 is 3.17. The fraction of sp³-hybridized carbons (Fsp3) is 0.875. The first-order valence-electron chi connectivity index (χ1n) is 3.88. The van der Waals surface area contributed by atoms with Crippen LogP contribution in [0.1, 0.15) is 26.7 Å². The van der Waals surface area contributed by atoms with E-state index >= 15 is 0 Å². The van der Waals surface area contributed by atoms with Crippen LogP contribution in [0.25, 0.3) is 0 Å². The van der Waals surface area contributed by atoms with Gasteiger partial charge in [-0.1, -0.05) is 29.8 Å². The summed E-state index contributed by atoms with van der Waals surface area (Å²) in [4.78, 5) is 10.8. The molecule has 0 unspecified atom stereocenters. The number of halogens is 1. The van der Waals surface area contributed by atoms with E-state index in [1.54, 1.807) is 0 Å². The SMILES string of the molecule is CC(C)CCOC(=O)CCBr. The third kappa shape index (κ3) is 7.85. The molecule has 0 spiro atoms. The van der Waals surface area contributed by atoms with Gasteiger partial charge in [-0.15, -0.1) is 0 Å². The molecule has 0 radical (unpaired) electrons. The van der Waals surface area contributed by atoms with Crippen molar-refractivity contribution in [3.8, 4) is 0 Å². The van der Waals surface area contributed by atoms with E-state index in [1.807, 2.05) is 0 Å². The van der Waals surface area contributed by atoms with Gasteiger partial charge in [-0.25, -0.2) is 0 Å². The first kappa shape index (κ1) is 11.0. The number of carbonyl (C=O) groups excluding carboxylic acids is 1. The minimum atomic E-state index is -0.109. The van der Waals surface area contributed by atoms with Crippen LogP contribution < -0.4 is 0 Å². The molecule has 0 fully saturated rings. The highest BCUT2D eigenvalue weighted by Gasteiger charge is 2.01. The van der Waals surface area contributed by atoms with Crippen molar-refractivity contribution in [2.24, 2.45) is 5.92 Å². The lowest BCUT2D eigenvalue weighted by Crippen LogP contribution is -2.07. The Hall–Kier alpha value is -0.0500. The summed E-state index contributed by atoms with van der Waals surface area (Å²) in [6.07, 6.45) is 1.42. The molecule has 0 N–H and O–H groups in total. The molecule has 0 heterocycles. The zero-order valence-electron chi connectivity index (χ0n) is 7.10. The average Bonchev–Trinajstić information content (AvgIpc) is 1.87. The molecule has 0 aliphatic carbocycles. The molecule has 0 amide bonds. The highest BCUT2D eigenvalue weighted by atomic mass is 79.9. The van der Waals surface area contributed by atoms with Gasteiger partial charge in [0.1, 0.15) is 0 Å². The number of alkyl halides is 1. The van der Waals surface area contributed by atoms with Crippen LogP contribution in [0.4, 0.5) is 0 Å². The Labute approximate surface area is 76.4 Å². The lowest BCUT2D eigenvalue weighted by molar-refractivity contribution is -0.143. The van der Waals surface area contributed by atoms with Gasteiger partial charge in [0.25, 0.3) is 0 Å². The molecule has 0 atom stereocenters. The van der Waals surface area contributed by atoms with E-state index in [0.29, 0.717) is 24.3 Å². The molecule has 0 bridgehead atoms. The van der Waals surface area contributed by atoms with Crippen molar-refractivity contribution in [3.05, 3.63) is 0 Å². The van der Waals surface area contributed by atoms with Crippen molar-refractivity contribution in [1.29, 1.82) is 0 Å². The number of carbonyl (C=O) groups is 1. The molecule has 11 heavy (non-hydrogen) atoms. The molecule has 0 saturated carbocycles. The molecular weight excluding hydrogens is 208 g/mol. The second-order valence-corrected chi connectivity index (χ2v) is 3.63. The summed E-state index contributed by atoms with van der Waals surface area (Å²) in [6, 6.07) is 0. The molecule has 0 rings (SSSR count). The van der Waals surface area contributed by atoms with Gasteiger partial charge < -0.3 is 4.74 Å². The Morgan fingerprint density at radius 3 is 2.64 bits per heavy atom. The fourth-order valence-corrected chi connectivity index (χ4v) is 0.882. The van der Waals surface area contributed by atoms with Crippen LogP contribution in [0.5, 0.6) is 0 Å². The predicted molar refractivity (Wildman–Crippen MR) is 48.8 cm³/mol. The van der Waals surface area contributed by atoms with Gasteiger partial charge in [-0.05, 0) is 12.3 Å². The van der Waals surface area contributed by atoms with Crippen LogP contribution in [-0.4, -0.2) is 17.9 Å². The van der Waals surface area contributed by atoms with Gasteiger partial charge in [0.2, 0.25) is 0 Å². The topological polar surface area (TPSA) is 26.3 Å². The number of hydrogen-bond acceptors (Lipinski definition) is 2. The van der Waals surface area contributed by atoms with E-state index < -0.39 is 0 Å². The first-order chi connectivity index (χ1) is 5.16. The molecule has 0 aromatic rings. The van der Waals surface area contributed by atoms with Gasteiger partial charge in [0.15, 0.2) is 0 Å². The van der Waals surface area contributed by atoms with Gasteiger partial charge in [0.05, 0.1) is 13.0 Å². The van der Waals surface area contributed by atoms with E-state index in [1.165, 1.54) is 0 Å². The van der Waals surface area contributed by atoms with Crippen molar-refractivity contribution >= 4 is 21.9 Å². The molecule has 0 aromatic heterocycles. The largest absolute Gasteiger partial charge is 0.466 e. The summed E-state index contributed by atoms with van der Waals surface area (Å²) in [5, 5.41) is 0.688. The smallest absolute Gasteiger partial charge is 0.306 e. The van der Waals surface area contributed by atoms with Crippen molar-refractivity contribution in [2.45, 2.75) is 26.7 Å². The van der Waals surface area contributed by atoms with Crippen molar-refractivity contribution in [3.63, 3.8) is 0 Å². The van der Waals surface area contributed by atoms with Gasteiger partial charge in [-0.3, -0.25) is 4.79 Å². The zero-order chi connectivity index (χ0) is 8.69. The summed E-state index contributed by atoms with van der Waals surface area (Å²) in [6.45, 7) is 4.78. The molecule has 0 aromatic carbocycles. The van der Waals surface area contributed by atoms with Gasteiger partial charge in [-0.2, -0.15) is 0 Å². The maximum atomic E-state index is 10.8. The van der Waals surface area contributed by atoms with Crippen LogP contribution in [0, 0.1) is 5.92 Å². The lowest BCUT2D eigenvalue weighted by atomic mass is 10.1. The van der Waals surface area contributed by atoms with E-state index in [0.717, 1.165) is 6.42 Å². The van der Waals surface area contributed by atoms with E-state index in [-0.39, 0.29) is 5.97 Å². The second-order valence-electron chi connectivity index (χ2n) is 2.84. The monoisotopic (exact) mass is 222 g/mol. The molecule has 66 valence electrons. The maximum absolute atomic E-state index is 10.8. The number of esters is 1. The van der Waals surface area contributed by atoms with E-state index in [2.05, 4.69) is 29.8 Å². The molecule has 0 saturated heterocycles. The molecule has 0 aliphatic heterocycles. The van der Waals surface area contributed by atoms with Crippen LogP contribution >= 0.6 is 15.9 Å². The van der Waals surface area contributed by atoms with E-state index in [9.17, 15) is 4.79 Å². The normalized spacial score (nSPS) is 10.2. The molecule has 3 heteroatoms. The zero-order valence-corrected chi connectivity index (χ0v) is 8.69. The number of ether oxygens (including phenoxy) is 1. The Kier molecular flexibility index (Phi) is 6.62. The fourth-order valence-electron chi connectivity index (χ4n) is 0.558. The highest BCUT2D eigenvalue weighted by molar-refractivity contribution is 9.09. The lowest BCUT2D eigenvalue weighted by Gasteiger charge is -2.05. The standard InChI is InChI=1S/C8H15BrO2/c1-7(2)4-6-11-8(10)3-5-9/h7H,3-6H2,1-2H3. The van der Waals surface area contributed by atoms with Crippen LogP contribution in [0.2, 0.25) is 0 Å². The third-order valence-corrected chi connectivity index (χ3v) is 1.65. The third-order valence-electron chi connectivity index (χ3n) is 1.26. The van der Waals surface area contributed by atoms with Crippen LogP contribution in [0.15, 0.2) is 0 Å². The van der Waals surface area contributed by atoms with Crippen LogP contribution in [0.3, 0.4) is 0 Å². The molecule has 0 aliphatic rings. The minimum Gasteiger partial charge on any atom is -0.466 e. The average molecular weight is 223 g/mol. The molecular formula is C8H15BrO2. The first-order valence-corrected chi connectivity index (χ1v) is 5.00. The predicted octanol–water partition coefficient (Wildman–Crippen LogP) is 2.36. The summed E-state index contributed by atoms with van der Waals surface area (Å²) in [5.74, 6) is 0.495. The molecule has 2 nitrogen and oxygen atoms in total. The van der Waals surface area contributed by atoms with Crippen molar-refractivity contribution in [1.82, 2.24) is 0 Å². The van der Waals surface area contributed by atoms with Crippen molar-refractivity contribution < 1.29 is 9.53 Å². The Morgan fingerprint density at radius 1 is 1.55 bits per heavy atom. The minimum absolute atomic E-state index is 0.109. The maximum Gasteiger partial charge on any atom is 0.306 e. The van der Waals surface area contributed by atoms with Crippen LogP contribution in [-0.2, 0) is 9.53 Å². The summed E-state index contributed by atoms with van der Waals surface area (Å²) in [7, 11) is 0.